The van der Waals surface area contributed by atoms with Crippen molar-refractivity contribution in [2.75, 3.05) is 44.3 Å². The Bertz CT molecular complexity index is 1180. The molecule has 0 unspecified atom stereocenters. The number of H-pyrrole nitrogens is 1. The van der Waals surface area contributed by atoms with Crippen LogP contribution in [0.2, 0.25) is 0 Å². The average Bonchev–Trinajstić information content (AvgIpc) is 3.11. The first-order valence-corrected chi connectivity index (χ1v) is 10.6. The molecule has 0 amide bonds. The van der Waals surface area contributed by atoms with Crippen molar-refractivity contribution >= 4 is 38.1 Å². The monoisotopic (exact) mass is 415 g/mol. The maximum absolute atomic E-state index is 11.8. The molecule has 0 aliphatic rings. The number of aromatic nitrogens is 2. The van der Waals surface area contributed by atoms with Crippen LogP contribution >= 0.6 is 0 Å². The van der Waals surface area contributed by atoms with Crippen molar-refractivity contribution < 1.29 is 17.9 Å². The molecule has 0 aliphatic heterocycles. The van der Waals surface area contributed by atoms with Crippen LogP contribution in [0.4, 0.5) is 17.2 Å². The van der Waals surface area contributed by atoms with E-state index in [2.05, 4.69) is 26.7 Å². The van der Waals surface area contributed by atoms with Gasteiger partial charge in [-0.05, 0) is 12.1 Å². The predicted octanol–water partition coefficient (Wildman–Crippen LogP) is 2.65. The first-order valence-electron chi connectivity index (χ1n) is 8.67. The summed E-state index contributed by atoms with van der Waals surface area (Å²) in [6.45, 7) is 1.05. The van der Waals surface area contributed by atoms with Crippen molar-refractivity contribution in [3.05, 3.63) is 36.0 Å². The van der Waals surface area contributed by atoms with Gasteiger partial charge in [0.1, 0.15) is 23.3 Å². The summed E-state index contributed by atoms with van der Waals surface area (Å²) in [7, 11) is -0.280. The van der Waals surface area contributed by atoms with E-state index in [9.17, 15) is 13.7 Å². The summed E-state index contributed by atoms with van der Waals surface area (Å²) in [5.74, 6) is 0.863. The van der Waals surface area contributed by atoms with Crippen LogP contribution in [0.5, 0.6) is 5.75 Å². The molecule has 0 saturated heterocycles. The molecule has 1 aromatic carbocycles. The first kappa shape index (κ1) is 20.4. The standard InChI is InChI=1S/C19H21N5O4S/c1-27-7-6-21-15-9-17(24-19-18(15)12(10-20)11-22-19)23-14-5-4-13(29(3,25)26)8-16(14)28-2/h4-5,8-9,11H,6-7H2,1-3H3,(H3,21,22,23,24). The van der Waals surface area contributed by atoms with Crippen LogP contribution in [0.3, 0.4) is 0 Å². The Labute approximate surface area is 168 Å². The number of aromatic amines is 1. The quantitative estimate of drug-likeness (QED) is 0.479. The summed E-state index contributed by atoms with van der Waals surface area (Å²) in [6, 6.07) is 8.50. The number of sulfone groups is 1. The largest absolute Gasteiger partial charge is 0.495 e. The molecule has 0 saturated carbocycles. The number of benzene rings is 1. The number of rotatable bonds is 8. The fourth-order valence-electron chi connectivity index (χ4n) is 2.86. The Balaban J connectivity index is 2.01. The molecule has 0 atom stereocenters. The molecular formula is C19H21N5O4S. The lowest BCUT2D eigenvalue weighted by Gasteiger charge is -2.14. The van der Waals surface area contributed by atoms with Gasteiger partial charge < -0.3 is 25.1 Å². The van der Waals surface area contributed by atoms with Crippen molar-refractivity contribution in [2.45, 2.75) is 4.90 Å². The van der Waals surface area contributed by atoms with Crippen LogP contribution in [0.15, 0.2) is 35.4 Å². The lowest BCUT2D eigenvalue weighted by atomic mass is 10.2. The molecule has 29 heavy (non-hydrogen) atoms. The molecule has 0 radical (unpaired) electrons. The summed E-state index contributed by atoms with van der Waals surface area (Å²) < 4.78 is 34.0. The molecule has 2 heterocycles. The number of ether oxygens (including phenoxy) is 2. The SMILES string of the molecule is COCCNc1cc(Nc2ccc(S(C)(=O)=O)cc2OC)nc2[nH]cc(C#N)c12. The molecule has 3 N–H and O–H groups in total. The molecule has 10 heteroatoms. The maximum atomic E-state index is 11.8. The third-order valence-electron chi connectivity index (χ3n) is 4.25. The third-order valence-corrected chi connectivity index (χ3v) is 5.36. The van der Waals surface area contributed by atoms with Gasteiger partial charge in [-0.2, -0.15) is 5.26 Å². The van der Waals surface area contributed by atoms with Gasteiger partial charge in [0.15, 0.2) is 9.84 Å². The number of anilines is 3. The maximum Gasteiger partial charge on any atom is 0.175 e. The van der Waals surface area contributed by atoms with Crippen LogP contribution in [0.1, 0.15) is 5.56 Å². The van der Waals surface area contributed by atoms with E-state index in [-0.39, 0.29) is 4.90 Å². The van der Waals surface area contributed by atoms with E-state index in [0.717, 1.165) is 11.9 Å². The predicted molar refractivity (Wildman–Crippen MR) is 111 cm³/mol. The fourth-order valence-corrected chi connectivity index (χ4v) is 3.49. The Hall–Kier alpha value is -3.29. The zero-order valence-electron chi connectivity index (χ0n) is 16.2. The van der Waals surface area contributed by atoms with Gasteiger partial charge in [0.25, 0.3) is 0 Å². The van der Waals surface area contributed by atoms with Crippen LogP contribution in [0.25, 0.3) is 11.0 Å². The molecule has 152 valence electrons. The van der Waals surface area contributed by atoms with E-state index in [4.69, 9.17) is 9.47 Å². The van der Waals surface area contributed by atoms with Gasteiger partial charge in [-0.3, -0.25) is 0 Å². The van der Waals surface area contributed by atoms with Crippen molar-refractivity contribution in [1.29, 1.82) is 5.26 Å². The summed E-state index contributed by atoms with van der Waals surface area (Å²) in [5, 5.41) is 16.4. The van der Waals surface area contributed by atoms with Crippen LogP contribution in [0, 0.1) is 11.3 Å². The van der Waals surface area contributed by atoms with Gasteiger partial charge in [-0.1, -0.05) is 0 Å². The summed E-state index contributed by atoms with van der Waals surface area (Å²) in [6.07, 6.45) is 2.74. The number of fused-ring (bicyclic) bond motifs is 1. The van der Waals surface area contributed by atoms with Crippen molar-refractivity contribution in [1.82, 2.24) is 9.97 Å². The van der Waals surface area contributed by atoms with E-state index < -0.39 is 9.84 Å². The molecule has 3 aromatic rings. The van der Waals surface area contributed by atoms with E-state index >= 15 is 0 Å². The van der Waals surface area contributed by atoms with E-state index in [1.54, 1.807) is 25.4 Å². The topological polar surface area (TPSA) is 129 Å². The summed E-state index contributed by atoms with van der Waals surface area (Å²) in [5.41, 5.74) is 2.30. The van der Waals surface area contributed by atoms with E-state index in [0.29, 0.717) is 47.0 Å². The molecule has 9 nitrogen and oxygen atoms in total. The van der Waals surface area contributed by atoms with Gasteiger partial charge >= 0.3 is 0 Å². The highest BCUT2D eigenvalue weighted by Crippen LogP contribution is 2.33. The number of hydrogen-bond acceptors (Lipinski definition) is 8. The minimum atomic E-state index is -3.35. The molecule has 0 bridgehead atoms. The Morgan fingerprint density at radius 2 is 2.03 bits per heavy atom. The first-order chi connectivity index (χ1) is 13.9. The molecule has 2 aromatic heterocycles. The summed E-state index contributed by atoms with van der Waals surface area (Å²) >= 11 is 0. The lowest BCUT2D eigenvalue weighted by molar-refractivity contribution is 0.211. The van der Waals surface area contributed by atoms with Crippen molar-refractivity contribution in [2.24, 2.45) is 0 Å². The third kappa shape index (κ3) is 4.42. The highest BCUT2D eigenvalue weighted by atomic mass is 32.2. The lowest BCUT2D eigenvalue weighted by Crippen LogP contribution is -2.09. The number of pyridine rings is 1. The Kier molecular flexibility index (Phi) is 5.91. The van der Waals surface area contributed by atoms with Crippen molar-refractivity contribution in [3.63, 3.8) is 0 Å². The van der Waals surface area contributed by atoms with Gasteiger partial charge in [0.05, 0.1) is 40.9 Å². The smallest absolute Gasteiger partial charge is 0.175 e. The second-order valence-electron chi connectivity index (χ2n) is 6.27. The van der Waals surface area contributed by atoms with Gasteiger partial charge in [-0.25, -0.2) is 13.4 Å². The second kappa shape index (κ2) is 8.38. The Morgan fingerprint density at radius 3 is 2.69 bits per heavy atom. The van der Waals surface area contributed by atoms with E-state index in [1.165, 1.54) is 19.2 Å². The second-order valence-corrected chi connectivity index (χ2v) is 8.29. The Morgan fingerprint density at radius 1 is 1.24 bits per heavy atom. The molecule has 3 rings (SSSR count). The zero-order chi connectivity index (χ0) is 21.0. The van der Waals surface area contributed by atoms with Gasteiger partial charge in [0.2, 0.25) is 0 Å². The number of nitriles is 1. The molecule has 0 fully saturated rings. The normalized spacial score (nSPS) is 11.2. The van der Waals surface area contributed by atoms with Crippen LogP contribution in [-0.2, 0) is 14.6 Å². The average molecular weight is 415 g/mol. The van der Waals surface area contributed by atoms with Crippen molar-refractivity contribution in [3.8, 4) is 11.8 Å². The minimum absolute atomic E-state index is 0.160. The minimum Gasteiger partial charge on any atom is -0.495 e. The summed E-state index contributed by atoms with van der Waals surface area (Å²) in [4.78, 5) is 7.67. The van der Waals surface area contributed by atoms with Gasteiger partial charge in [0, 0.05) is 38.2 Å². The number of nitrogens with one attached hydrogen (secondary N) is 3. The molecular weight excluding hydrogens is 394 g/mol. The zero-order valence-corrected chi connectivity index (χ0v) is 17.1. The molecule has 0 aliphatic carbocycles. The highest BCUT2D eigenvalue weighted by Gasteiger charge is 2.15. The number of hydrogen-bond donors (Lipinski definition) is 3. The molecule has 0 spiro atoms. The number of methoxy groups -OCH3 is 2. The highest BCUT2D eigenvalue weighted by molar-refractivity contribution is 7.90. The number of nitrogens with zero attached hydrogens (tertiary/aromatic N) is 2. The van der Waals surface area contributed by atoms with E-state index in [1.807, 2.05) is 0 Å². The van der Waals surface area contributed by atoms with Crippen LogP contribution in [-0.4, -0.2) is 52.0 Å². The van der Waals surface area contributed by atoms with Crippen LogP contribution < -0.4 is 15.4 Å². The van der Waals surface area contributed by atoms with Gasteiger partial charge in [-0.15, -0.1) is 0 Å². The fraction of sp³-hybridized carbons (Fsp3) is 0.263.